The highest BCUT2D eigenvalue weighted by atomic mass is 32.1. The molecule has 11 heteroatoms. The Balaban J connectivity index is 0.000000726. The van der Waals surface area contributed by atoms with E-state index in [0.717, 1.165) is 16.6 Å². The number of benzene rings is 2. The van der Waals surface area contributed by atoms with E-state index < -0.39 is 18.0 Å². The molecule has 2 N–H and O–H groups in total. The van der Waals surface area contributed by atoms with E-state index in [1.54, 1.807) is 41.5 Å². The lowest BCUT2D eigenvalue weighted by Crippen LogP contribution is -2.27. The number of imidazole rings is 1. The molecule has 3 heterocycles. The summed E-state index contributed by atoms with van der Waals surface area (Å²) in [5, 5.41) is 4.32. The van der Waals surface area contributed by atoms with Crippen molar-refractivity contribution in [2.75, 3.05) is 11.5 Å². The van der Waals surface area contributed by atoms with Gasteiger partial charge in [0.05, 0.1) is 35.3 Å². The fraction of sp³-hybridized carbons (Fsp3) is 0.280. The summed E-state index contributed by atoms with van der Waals surface area (Å²) in [6, 6.07) is 9.82. The topological polar surface area (TPSA) is 113 Å². The summed E-state index contributed by atoms with van der Waals surface area (Å²) in [6.45, 7) is 4.06. The van der Waals surface area contributed by atoms with Crippen LogP contribution in [0.15, 0.2) is 55.1 Å². The molecule has 1 atom stereocenters. The van der Waals surface area contributed by atoms with Gasteiger partial charge in [-0.1, -0.05) is 26.0 Å². The van der Waals surface area contributed by atoms with Crippen LogP contribution >= 0.6 is 12.9 Å². The van der Waals surface area contributed by atoms with Crippen LogP contribution in [0, 0.1) is 5.82 Å². The zero-order chi connectivity index (χ0) is 25.8. The Morgan fingerprint density at radius 2 is 1.89 bits per heavy atom. The second kappa shape index (κ2) is 10.9. The molecule has 1 unspecified atom stereocenters. The number of aromatic amines is 1. The molecule has 2 aromatic heterocycles. The Labute approximate surface area is 212 Å². The minimum atomic E-state index is -0.583. The first-order valence-electron chi connectivity index (χ1n) is 11.5. The van der Waals surface area contributed by atoms with Gasteiger partial charge in [-0.3, -0.25) is 14.4 Å². The molecule has 1 aliphatic heterocycles. The maximum atomic E-state index is 15.2. The first kappa shape index (κ1) is 25.4. The van der Waals surface area contributed by atoms with Crippen molar-refractivity contribution in [2.45, 2.75) is 38.8 Å². The van der Waals surface area contributed by atoms with Gasteiger partial charge < -0.3 is 14.3 Å². The van der Waals surface area contributed by atoms with Crippen molar-refractivity contribution in [1.82, 2.24) is 19.7 Å². The number of H-pyrrole nitrogens is 1. The van der Waals surface area contributed by atoms with Gasteiger partial charge in [-0.05, 0) is 42.7 Å². The Kier molecular flexibility index (Phi) is 7.70. The van der Waals surface area contributed by atoms with Crippen molar-refractivity contribution < 1.29 is 23.3 Å². The quantitative estimate of drug-likeness (QED) is 0.243. The Morgan fingerprint density at radius 1 is 1.11 bits per heavy atom. The van der Waals surface area contributed by atoms with Gasteiger partial charge >= 0.3 is 6.09 Å². The molecule has 4 aromatic rings. The lowest BCUT2D eigenvalue weighted by molar-refractivity contribution is -0.126. The van der Waals surface area contributed by atoms with Gasteiger partial charge in [-0.25, -0.2) is 14.2 Å². The number of halogens is 1. The summed E-state index contributed by atoms with van der Waals surface area (Å²) in [7, 11) is 0. The highest BCUT2D eigenvalue weighted by Gasteiger charge is 2.37. The SMILES string of the molecule is CC.O=C1CC(n2cc(-c3ccc(C4COC(=O)N4c4ccc5nc[nH]c5c4)c(F)c3)cn2)C1.OS. The standard InChI is InChI=1S/C23H18FN5O3.C2H6.H2OS/c24-19-5-13(14-9-27-28(10-14)16-6-17(30)7-16)1-3-18(19)22-11-32-23(31)29(22)15-2-4-20-21(8-15)26-12-25-20;2*1-2/h1-5,8-10,12,16,22H,6-7,11H2,(H,25,26);1-2H3;1-2H. The third kappa shape index (κ3) is 4.71. The molecular weight excluding hydrogens is 485 g/mol. The summed E-state index contributed by atoms with van der Waals surface area (Å²) in [5.41, 5.74) is 3.99. The van der Waals surface area contributed by atoms with E-state index in [-0.39, 0.29) is 18.4 Å². The number of carbonyl (C=O) groups is 2. The number of nitrogens with zero attached hydrogens (tertiary/aromatic N) is 4. The van der Waals surface area contributed by atoms with Gasteiger partial charge in [0.25, 0.3) is 0 Å². The number of nitrogens with one attached hydrogen (secondary N) is 1. The highest BCUT2D eigenvalue weighted by Crippen LogP contribution is 2.36. The summed E-state index contributed by atoms with van der Waals surface area (Å²) in [6.07, 6.45) is 5.55. The fourth-order valence-electron chi connectivity index (χ4n) is 4.33. The van der Waals surface area contributed by atoms with E-state index >= 15 is 4.39 Å². The summed E-state index contributed by atoms with van der Waals surface area (Å²) in [5.74, 6) is -0.197. The van der Waals surface area contributed by atoms with Gasteiger partial charge in [0, 0.05) is 30.2 Å². The summed E-state index contributed by atoms with van der Waals surface area (Å²) in [4.78, 5) is 32.4. The zero-order valence-corrected chi connectivity index (χ0v) is 20.7. The number of ether oxygens (including phenoxy) is 1. The second-order valence-corrected chi connectivity index (χ2v) is 8.11. The van der Waals surface area contributed by atoms with Crippen molar-refractivity contribution in [3.05, 3.63) is 66.5 Å². The number of hydrogen-bond acceptors (Lipinski definition) is 7. The molecule has 0 radical (unpaired) electrons. The third-order valence-electron chi connectivity index (χ3n) is 6.15. The Bertz CT molecular complexity index is 1380. The maximum absolute atomic E-state index is 15.2. The molecule has 188 valence electrons. The van der Waals surface area contributed by atoms with Gasteiger partial charge in [0.15, 0.2) is 0 Å². The molecule has 2 fully saturated rings. The first-order valence-corrected chi connectivity index (χ1v) is 11.9. The van der Waals surface area contributed by atoms with Crippen molar-refractivity contribution >= 4 is 41.5 Å². The number of hydrogen-bond donors (Lipinski definition) is 3. The number of anilines is 1. The maximum Gasteiger partial charge on any atom is 0.415 e. The highest BCUT2D eigenvalue weighted by molar-refractivity contribution is 7.74. The molecule has 1 saturated heterocycles. The van der Waals surface area contributed by atoms with Crippen LogP contribution in [0.4, 0.5) is 14.9 Å². The van der Waals surface area contributed by atoms with Crippen molar-refractivity contribution in [3.63, 3.8) is 0 Å². The van der Waals surface area contributed by atoms with Gasteiger partial charge in [0.1, 0.15) is 24.2 Å². The Hall–Kier alpha value is -3.70. The minimum absolute atomic E-state index is 0.0593. The van der Waals surface area contributed by atoms with E-state index in [1.807, 2.05) is 26.1 Å². The van der Waals surface area contributed by atoms with Crippen LogP contribution < -0.4 is 4.90 Å². The van der Waals surface area contributed by atoms with E-state index in [1.165, 1.54) is 11.0 Å². The molecule has 0 spiro atoms. The van der Waals surface area contributed by atoms with E-state index in [0.29, 0.717) is 29.7 Å². The number of Topliss-reactive ketones (excluding diaryl/α,β-unsaturated/α-hetero) is 1. The fourth-order valence-corrected chi connectivity index (χ4v) is 4.33. The molecule has 1 saturated carbocycles. The van der Waals surface area contributed by atoms with E-state index in [4.69, 9.17) is 9.29 Å². The lowest BCUT2D eigenvalue weighted by atomic mass is 9.92. The predicted octanol–water partition coefficient (Wildman–Crippen LogP) is 5.58. The molecule has 0 bridgehead atoms. The van der Waals surface area contributed by atoms with Gasteiger partial charge in [-0.2, -0.15) is 5.10 Å². The van der Waals surface area contributed by atoms with E-state index in [2.05, 4.69) is 28.0 Å². The number of aromatic nitrogens is 4. The third-order valence-corrected chi connectivity index (χ3v) is 6.15. The van der Waals surface area contributed by atoms with Crippen LogP contribution in [-0.2, 0) is 9.53 Å². The number of cyclic esters (lactones) is 1. The van der Waals surface area contributed by atoms with Crippen LogP contribution in [0.3, 0.4) is 0 Å². The lowest BCUT2D eigenvalue weighted by Gasteiger charge is -2.24. The number of carbonyl (C=O) groups excluding carboxylic acids is 2. The number of ketones is 1. The average Bonchev–Trinajstić information content (AvgIpc) is 3.64. The molecule has 36 heavy (non-hydrogen) atoms. The molecule has 6 rings (SSSR count). The number of thiol groups is 1. The van der Waals surface area contributed by atoms with Crippen LogP contribution in [0.25, 0.3) is 22.2 Å². The molecule has 2 aliphatic rings. The smallest absolute Gasteiger partial charge is 0.415 e. The molecular formula is C25H26FN5O4S. The number of rotatable bonds is 4. The largest absolute Gasteiger partial charge is 0.447 e. The molecule has 1 aliphatic carbocycles. The number of fused-ring (bicyclic) bond motifs is 1. The zero-order valence-electron chi connectivity index (χ0n) is 19.8. The van der Waals surface area contributed by atoms with Crippen LogP contribution in [0.1, 0.15) is 44.3 Å². The first-order chi connectivity index (χ1) is 17.6. The normalized spacial score (nSPS) is 17.1. The summed E-state index contributed by atoms with van der Waals surface area (Å²) < 4.78 is 28.9. The summed E-state index contributed by atoms with van der Waals surface area (Å²) >= 11 is 2.53. The predicted molar refractivity (Wildman–Crippen MR) is 137 cm³/mol. The number of amides is 1. The molecule has 2 aromatic carbocycles. The second-order valence-electron chi connectivity index (χ2n) is 8.11. The van der Waals surface area contributed by atoms with Gasteiger partial charge in [-0.15, -0.1) is 0 Å². The average molecular weight is 512 g/mol. The van der Waals surface area contributed by atoms with Gasteiger partial charge in [0.2, 0.25) is 0 Å². The monoisotopic (exact) mass is 511 g/mol. The molecule has 1 amide bonds. The van der Waals surface area contributed by atoms with Crippen molar-refractivity contribution in [3.8, 4) is 11.1 Å². The van der Waals surface area contributed by atoms with Crippen molar-refractivity contribution in [2.24, 2.45) is 0 Å². The molecule has 9 nitrogen and oxygen atoms in total. The van der Waals surface area contributed by atoms with Crippen LogP contribution in [-0.4, -0.2) is 42.8 Å². The van der Waals surface area contributed by atoms with Crippen LogP contribution in [0.5, 0.6) is 0 Å². The Morgan fingerprint density at radius 3 is 2.61 bits per heavy atom. The minimum Gasteiger partial charge on any atom is -0.447 e. The van der Waals surface area contributed by atoms with Crippen LogP contribution in [0.2, 0.25) is 0 Å². The van der Waals surface area contributed by atoms with Crippen molar-refractivity contribution in [1.29, 1.82) is 0 Å². The van der Waals surface area contributed by atoms with E-state index in [9.17, 15) is 9.59 Å².